The first kappa shape index (κ1) is 34.2. The van der Waals surface area contributed by atoms with E-state index in [1.165, 1.54) is 51.4 Å². The number of carbonyl (C=O) groups is 1. The number of likely N-dealkylation sites (N-methyl/N-ethyl adjacent to an activating group) is 1. The number of phosphoric ester groups is 1. The maximum Gasteiger partial charge on any atom is 0.306 e. The molecule has 2 atom stereocenters. The fourth-order valence-electron chi connectivity index (χ4n) is 3.15. The third-order valence-electron chi connectivity index (χ3n) is 5.29. The van der Waals surface area contributed by atoms with Crippen molar-refractivity contribution in [2.45, 2.75) is 97.0 Å². The maximum atomic E-state index is 12.0. The molecule has 9 heteroatoms. The van der Waals surface area contributed by atoms with Crippen molar-refractivity contribution in [1.82, 2.24) is 0 Å². The molecule has 0 aliphatic carbocycles. The topological polar surface area (TPSA) is 94.1 Å². The lowest BCUT2D eigenvalue weighted by Crippen LogP contribution is -2.37. The molecule has 35 heavy (non-hydrogen) atoms. The molecular weight excluding hydrogens is 469 g/mol. The summed E-state index contributed by atoms with van der Waals surface area (Å²) in [6.45, 7) is 4.96. The number of carbonyl (C=O) groups excluding carboxylic acids is 1. The highest BCUT2D eigenvalue weighted by Crippen LogP contribution is 2.38. The summed E-state index contributed by atoms with van der Waals surface area (Å²) in [5.41, 5.74) is 0. The molecule has 0 bridgehead atoms. The molecule has 0 aromatic heterocycles. The first-order valence-corrected chi connectivity index (χ1v) is 14.9. The van der Waals surface area contributed by atoms with E-state index in [4.69, 9.17) is 18.5 Å². The second-order valence-electron chi connectivity index (χ2n) is 10.1. The highest BCUT2D eigenvalue weighted by molar-refractivity contribution is 7.45. The average Bonchev–Trinajstić information content (AvgIpc) is 2.76. The number of ether oxygens (including phenoxy) is 2. The number of hydrogen-bond acceptors (Lipinski definition) is 7. The number of hydrogen-bond donors (Lipinski definition) is 0. The number of nitrogens with zero attached hydrogens (tertiary/aromatic N) is 1. The van der Waals surface area contributed by atoms with Gasteiger partial charge in [-0.15, -0.1) is 0 Å². The van der Waals surface area contributed by atoms with Gasteiger partial charge in [-0.1, -0.05) is 64.5 Å². The van der Waals surface area contributed by atoms with Gasteiger partial charge in [-0.2, -0.15) is 0 Å². The van der Waals surface area contributed by atoms with Crippen LogP contribution in [0, 0.1) is 0 Å². The molecule has 0 saturated heterocycles. The lowest BCUT2D eigenvalue weighted by atomic mass is 10.1. The Hall–Kier alpha value is -0.760. The summed E-state index contributed by atoms with van der Waals surface area (Å²) in [6, 6.07) is 0. The number of phosphoric acid groups is 1. The predicted octanol–water partition coefficient (Wildman–Crippen LogP) is 5.40. The van der Waals surface area contributed by atoms with Crippen LogP contribution in [0.3, 0.4) is 0 Å². The molecule has 0 aromatic carbocycles. The van der Waals surface area contributed by atoms with Crippen molar-refractivity contribution in [3.8, 4) is 0 Å². The van der Waals surface area contributed by atoms with Crippen LogP contribution in [0.1, 0.15) is 90.9 Å². The summed E-state index contributed by atoms with van der Waals surface area (Å²) in [5.74, 6) is -0.392. The molecule has 0 aromatic rings. The molecule has 0 fully saturated rings. The molecule has 0 radical (unpaired) electrons. The Balaban J connectivity index is 4.09. The van der Waals surface area contributed by atoms with Crippen LogP contribution >= 0.6 is 7.82 Å². The molecule has 2 unspecified atom stereocenters. The van der Waals surface area contributed by atoms with E-state index in [2.05, 4.69) is 19.1 Å². The third kappa shape index (κ3) is 24.7. The molecule has 0 rings (SSSR count). The van der Waals surface area contributed by atoms with Gasteiger partial charge in [0.1, 0.15) is 19.3 Å². The number of unbranched alkanes of at least 4 members (excludes halogenated alkanes) is 8. The van der Waals surface area contributed by atoms with Crippen LogP contribution in [0.5, 0.6) is 0 Å². The van der Waals surface area contributed by atoms with Crippen LogP contribution < -0.4 is 4.89 Å². The molecule has 208 valence electrons. The zero-order valence-electron chi connectivity index (χ0n) is 23.0. The van der Waals surface area contributed by atoms with Crippen molar-refractivity contribution in [3.05, 3.63) is 12.2 Å². The summed E-state index contributed by atoms with van der Waals surface area (Å²) < 4.78 is 33.5. The summed E-state index contributed by atoms with van der Waals surface area (Å²) in [6.07, 6.45) is 16.5. The summed E-state index contributed by atoms with van der Waals surface area (Å²) in [5, 5.41) is 0. The summed E-state index contributed by atoms with van der Waals surface area (Å²) in [4.78, 5) is 23.9. The minimum atomic E-state index is -4.48. The highest BCUT2D eigenvalue weighted by atomic mass is 31.2. The maximum absolute atomic E-state index is 12.0. The van der Waals surface area contributed by atoms with Gasteiger partial charge in [0.05, 0.1) is 34.4 Å². The molecule has 0 spiro atoms. The summed E-state index contributed by atoms with van der Waals surface area (Å²) >= 11 is 0. The van der Waals surface area contributed by atoms with Crippen molar-refractivity contribution >= 4 is 13.8 Å². The van der Waals surface area contributed by atoms with E-state index in [1.807, 2.05) is 28.1 Å². The van der Waals surface area contributed by atoms with E-state index in [9.17, 15) is 14.3 Å². The molecular formula is C26H52NO7P. The molecule has 0 aliphatic heterocycles. The van der Waals surface area contributed by atoms with Crippen molar-refractivity contribution in [2.24, 2.45) is 0 Å². The van der Waals surface area contributed by atoms with Gasteiger partial charge in [-0.3, -0.25) is 9.36 Å². The first-order chi connectivity index (χ1) is 16.6. The fraction of sp³-hybridized carbons (Fsp3) is 0.885. The zero-order chi connectivity index (χ0) is 26.4. The molecule has 0 N–H and O–H groups in total. The van der Waals surface area contributed by atoms with Crippen molar-refractivity contribution < 1.29 is 37.3 Å². The smallest absolute Gasteiger partial charge is 0.306 e. The SMILES string of the molecule is CCCC/C=C\CCCCCCCCOCC(COP(=O)([O-])OCC[N+](C)(C)C)OC(=O)CCC. The molecule has 0 amide bonds. The fourth-order valence-corrected chi connectivity index (χ4v) is 3.88. The predicted molar refractivity (Wildman–Crippen MR) is 139 cm³/mol. The van der Waals surface area contributed by atoms with Gasteiger partial charge in [0, 0.05) is 13.0 Å². The molecule has 0 heterocycles. The largest absolute Gasteiger partial charge is 0.756 e. The Morgan fingerprint density at radius 1 is 0.857 bits per heavy atom. The zero-order valence-corrected chi connectivity index (χ0v) is 23.9. The van der Waals surface area contributed by atoms with Gasteiger partial charge in [0.15, 0.2) is 0 Å². The normalized spacial score (nSPS) is 14.8. The lowest BCUT2D eigenvalue weighted by molar-refractivity contribution is -0.870. The number of allylic oxidation sites excluding steroid dienone is 2. The van der Waals surface area contributed by atoms with Crippen molar-refractivity contribution in [3.63, 3.8) is 0 Å². The van der Waals surface area contributed by atoms with Gasteiger partial charge in [-0.25, -0.2) is 0 Å². The van der Waals surface area contributed by atoms with Gasteiger partial charge in [-0.05, 0) is 32.1 Å². The number of esters is 1. The Kier molecular flexibility index (Phi) is 20.9. The number of quaternary nitrogens is 1. The van der Waals surface area contributed by atoms with Crippen LogP contribution in [0.2, 0.25) is 0 Å². The lowest BCUT2D eigenvalue weighted by Gasteiger charge is -2.28. The minimum Gasteiger partial charge on any atom is -0.756 e. The molecule has 0 saturated carbocycles. The third-order valence-corrected chi connectivity index (χ3v) is 6.25. The molecule has 0 aliphatic rings. The van der Waals surface area contributed by atoms with Gasteiger partial charge in [0.2, 0.25) is 0 Å². The Labute approximate surface area is 214 Å². The van der Waals surface area contributed by atoms with Gasteiger partial charge >= 0.3 is 5.97 Å². The van der Waals surface area contributed by atoms with Gasteiger partial charge in [0.25, 0.3) is 7.82 Å². The van der Waals surface area contributed by atoms with Crippen LogP contribution in [-0.2, 0) is 27.9 Å². The Morgan fingerprint density at radius 3 is 2.11 bits per heavy atom. The quantitative estimate of drug-likeness (QED) is 0.0552. The van der Waals surface area contributed by atoms with E-state index in [1.54, 1.807) is 0 Å². The van der Waals surface area contributed by atoms with E-state index >= 15 is 0 Å². The average molecular weight is 522 g/mol. The van der Waals surface area contributed by atoms with E-state index < -0.39 is 19.9 Å². The standard InChI is InChI=1S/C26H52NO7P/c1-6-8-9-10-11-12-13-14-15-16-17-18-21-31-23-25(34-26(28)19-7-2)24-33-35(29,30)32-22-20-27(3,4)5/h10-11,25H,6-9,12-24H2,1-5H3/b11-10-. The van der Waals surface area contributed by atoms with Crippen LogP contribution in [-0.4, -0.2) is 70.7 Å². The van der Waals surface area contributed by atoms with Crippen molar-refractivity contribution in [2.75, 3.05) is 54.1 Å². The Morgan fingerprint density at radius 2 is 1.49 bits per heavy atom. The Bertz CT molecular complexity index is 593. The highest BCUT2D eigenvalue weighted by Gasteiger charge is 2.20. The minimum absolute atomic E-state index is 0.0245. The second kappa shape index (κ2) is 21.3. The van der Waals surface area contributed by atoms with Gasteiger partial charge < -0.3 is 27.9 Å². The molecule has 8 nitrogen and oxygen atoms in total. The van der Waals surface area contributed by atoms with E-state index in [0.29, 0.717) is 24.1 Å². The first-order valence-electron chi connectivity index (χ1n) is 13.4. The van der Waals surface area contributed by atoms with E-state index in [0.717, 1.165) is 12.8 Å². The van der Waals surface area contributed by atoms with Crippen molar-refractivity contribution in [1.29, 1.82) is 0 Å². The van der Waals surface area contributed by atoms with E-state index in [-0.39, 0.29) is 26.2 Å². The summed E-state index contributed by atoms with van der Waals surface area (Å²) in [7, 11) is 1.34. The van der Waals surface area contributed by atoms with Crippen LogP contribution in [0.4, 0.5) is 0 Å². The number of rotatable bonds is 24. The second-order valence-corrected chi connectivity index (χ2v) is 11.5. The van der Waals surface area contributed by atoms with Crippen LogP contribution in [0.25, 0.3) is 0 Å². The monoisotopic (exact) mass is 521 g/mol. The van der Waals surface area contributed by atoms with Crippen LogP contribution in [0.15, 0.2) is 12.2 Å².